The molecular formula is C13H21N3O. The minimum absolute atomic E-state index is 0.170. The molecule has 0 saturated heterocycles. The molecule has 1 aliphatic heterocycles. The van der Waals surface area contributed by atoms with E-state index in [9.17, 15) is 5.11 Å². The average molecular weight is 235 g/mol. The molecule has 4 heteroatoms. The third kappa shape index (κ3) is 2.10. The number of aliphatic hydroxyl groups is 1. The fourth-order valence-electron chi connectivity index (χ4n) is 3.16. The molecule has 1 N–H and O–H groups in total. The lowest BCUT2D eigenvalue weighted by molar-refractivity contribution is 0.194. The normalized spacial score (nSPS) is 25.8. The number of aryl methyl sites for hydroxylation is 1. The Hall–Kier alpha value is -0.900. The zero-order valence-corrected chi connectivity index (χ0v) is 10.3. The Morgan fingerprint density at radius 2 is 1.94 bits per heavy atom. The highest BCUT2D eigenvalue weighted by Gasteiger charge is 2.26. The van der Waals surface area contributed by atoms with E-state index in [0.717, 1.165) is 30.9 Å². The summed E-state index contributed by atoms with van der Waals surface area (Å²) < 4.78 is 1.99. The summed E-state index contributed by atoms with van der Waals surface area (Å²) >= 11 is 0. The molecule has 0 bridgehead atoms. The molecular weight excluding hydrogens is 214 g/mol. The summed E-state index contributed by atoms with van der Waals surface area (Å²) in [5.74, 6) is 2.71. The predicted octanol–water partition coefficient (Wildman–Crippen LogP) is 2.20. The molecule has 0 spiro atoms. The van der Waals surface area contributed by atoms with Crippen molar-refractivity contribution < 1.29 is 5.11 Å². The second-order valence-electron chi connectivity index (χ2n) is 5.39. The van der Waals surface area contributed by atoms with Gasteiger partial charge in [0.25, 0.3) is 0 Å². The van der Waals surface area contributed by atoms with Gasteiger partial charge in [-0.3, -0.25) is 0 Å². The van der Waals surface area contributed by atoms with Gasteiger partial charge >= 0.3 is 0 Å². The Morgan fingerprint density at radius 1 is 1.12 bits per heavy atom. The standard InChI is InChI=1S/C13H21N3O/c17-9-11-7-4-8-12-14-13(15-16(11)12)10-5-2-1-3-6-10/h10-11,17H,1-9H2. The summed E-state index contributed by atoms with van der Waals surface area (Å²) in [6.07, 6.45) is 9.68. The highest BCUT2D eigenvalue weighted by Crippen LogP contribution is 2.32. The summed E-state index contributed by atoms with van der Waals surface area (Å²) in [6, 6.07) is 0.170. The number of fused-ring (bicyclic) bond motifs is 1. The molecule has 1 fully saturated rings. The Kier molecular flexibility index (Phi) is 3.14. The van der Waals surface area contributed by atoms with Crippen LogP contribution in [0, 0.1) is 0 Å². The average Bonchev–Trinajstić information content (AvgIpc) is 2.83. The van der Waals surface area contributed by atoms with E-state index in [-0.39, 0.29) is 12.6 Å². The van der Waals surface area contributed by atoms with Gasteiger partial charge in [-0.05, 0) is 25.7 Å². The number of rotatable bonds is 2. The monoisotopic (exact) mass is 235 g/mol. The van der Waals surface area contributed by atoms with Crippen LogP contribution in [0.3, 0.4) is 0 Å². The molecule has 1 atom stereocenters. The van der Waals surface area contributed by atoms with Crippen LogP contribution in [0.25, 0.3) is 0 Å². The predicted molar refractivity (Wildman–Crippen MR) is 64.9 cm³/mol. The quantitative estimate of drug-likeness (QED) is 0.855. The first kappa shape index (κ1) is 11.2. The van der Waals surface area contributed by atoms with Gasteiger partial charge in [-0.1, -0.05) is 19.3 Å². The first-order valence-corrected chi connectivity index (χ1v) is 6.94. The Morgan fingerprint density at radius 3 is 2.71 bits per heavy atom. The van der Waals surface area contributed by atoms with Gasteiger partial charge < -0.3 is 5.11 Å². The smallest absolute Gasteiger partial charge is 0.154 e. The Labute approximate surface area is 102 Å². The molecule has 1 aromatic heterocycles. The summed E-state index contributed by atoms with van der Waals surface area (Å²) in [4.78, 5) is 4.71. The fraction of sp³-hybridized carbons (Fsp3) is 0.846. The van der Waals surface area contributed by atoms with Crippen LogP contribution >= 0.6 is 0 Å². The molecule has 1 unspecified atom stereocenters. The molecule has 4 nitrogen and oxygen atoms in total. The fourth-order valence-corrected chi connectivity index (χ4v) is 3.16. The topological polar surface area (TPSA) is 50.9 Å². The lowest BCUT2D eigenvalue weighted by Crippen LogP contribution is -2.22. The van der Waals surface area contributed by atoms with E-state index in [4.69, 9.17) is 4.98 Å². The molecule has 0 radical (unpaired) electrons. The largest absolute Gasteiger partial charge is 0.394 e. The van der Waals surface area contributed by atoms with E-state index >= 15 is 0 Å². The van der Waals surface area contributed by atoms with Crippen LogP contribution < -0.4 is 0 Å². The maximum atomic E-state index is 9.37. The van der Waals surface area contributed by atoms with Gasteiger partial charge in [0.2, 0.25) is 0 Å². The number of hydrogen-bond acceptors (Lipinski definition) is 3. The molecule has 0 amide bonds. The molecule has 1 aromatic rings. The number of aromatic nitrogens is 3. The van der Waals surface area contributed by atoms with Crippen molar-refractivity contribution in [3.8, 4) is 0 Å². The maximum absolute atomic E-state index is 9.37. The van der Waals surface area contributed by atoms with Crippen molar-refractivity contribution >= 4 is 0 Å². The van der Waals surface area contributed by atoms with Crippen molar-refractivity contribution in [2.45, 2.75) is 63.3 Å². The van der Waals surface area contributed by atoms with Crippen molar-refractivity contribution in [2.75, 3.05) is 6.61 Å². The summed E-state index contributed by atoms with van der Waals surface area (Å²) in [7, 11) is 0. The molecule has 3 rings (SSSR count). The number of hydrogen-bond donors (Lipinski definition) is 1. The molecule has 17 heavy (non-hydrogen) atoms. The lowest BCUT2D eigenvalue weighted by Gasteiger charge is -2.21. The molecule has 2 heterocycles. The SMILES string of the molecule is OCC1CCCc2nc(C3CCCCC3)nn21. The van der Waals surface area contributed by atoms with E-state index in [1.165, 1.54) is 32.1 Å². The number of nitrogens with zero attached hydrogens (tertiary/aromatic N) is 3. The van der Waals surface area contributed by atoms with Crippen LogP contribution in [0.15, 0.2) is 0 Å². The summed E-state index contributed by atoms with van der Waals surface area (Å²) in [6.45, 7) is 0.195. The van der Waals surface area contributed by atoms with Crippen LogP contribution in [0.5, 0.6) is 0 Å². The van der Waals surface area contributed by atoms with Gasteiger partial charge in [0.05, 0.1) is 12.6 Å². The van der Waals surface area contributed by atoms with Crippen molar-refractivity contribution in [1.29, 1.82) is 0 Å². The molecule has 1 aliphatic carbocycles. The Bertz CT molecular complexity index is 382. The van der Waals surface area contributed by atoms with Gasteiger partial charge in [-0.15, -0.1) is 0 Å². The first-order chi connectivity index (χ1) is 8.38. The van der Waals surface area contributed by atoms with Gasteiger partial charge in [0.1, 0.15) is 5.82 Å². The second-order valence-corrected chi connectivity index (χ2v) is 5.39. The van der Waals surface area contributed by atoms with Crippen LogP contribution in [0.1, 0.15) is 68.6 Å². The van der Waals surface area contributed by atoms with E-state index in [1.807, 2.05) is 4.68 Å². The van der Waals surface area contributed by atoms with Gasteiger partial charge in [0, 0.05) is 12.3 Å². The second kappa shape index (κ2) is 4.77. The van der Waals surface area contributed by atoms with Crippen LogP contribution in [-0.2, 0) is 6.42 Å². The van der Waals surface area contributed by atoms with Crippen LogP contribution in [0.4, 0.5) is 0 Å². The highest BCUT2D eigenvalue weighted by molar-refractivity contribution is 5.03. The minimum Gasteiger partial charge on any atom is -0.394 e. The third-order valence-electron chi connectivity index (χ3n) is 4.18. The van der Waals surface area contributed by atoms with Gasteiger partial charge in [-0.25, -0.2) is 9.67 Å². The van der Waals surface area contributed by atoms with Crippen LogP contribution in [0.2, 0.25) is 0 Å². The van der Waals surface area contributed by atoms with Crippen LogP contribution in [-0.4, -0.2) is 26.5 Å². The first-order valence-electron chi connectivity index (χ1n) is 6.94. The van der Waals surface area contributed by atoms with E-state index in [2.05, 4.69) is 5.10 Å². The van der Waals surface area contributed by atoms with Crippen molar-refractivity contribution in [3.63, 3.8) is 0 Å². The molecule has 2 aliphatic rings. The van der Waals surface area contributed by atoms with E-state index in [0.29, 0.717) is 5.92 Å². The van der Waals surface area contributed by atoms with E-state index < -0.39 is 0 Å². The Balaban J connectivity index is 1.84. The lowest BCUT2D eigenvalue weighted by atomic mass is 9.89. The zero-order chi connectivity index (χ0) is 11.7. The maximum Gasteiger partial charge on any atom is 0.154 e. The number of aliphatic hydroxyl groups excluding tert-OH is 1. The summed E-state index contributed by atoms with van der Waals surface area (Å²) in [5.41, 5.74) is 0. The van der Waals surface area contributed by atoms with Crippen molar-refractivity contribution in [2.24, 2.45) is 0 Å². The van der Waals surface area contributed by atoms with E-state index in [1.54, 1.807) is 0 Å². The highest BCUT2D eigenvalue weighted by atomic mass is 16.3. The molecule has 94 valence electrons. The van der Waals surface area contributed by atoms with Crippen molar-refractivity contribution in [3.05, 3.63) is 11.6 Å². The van der Waals surface area contributed by atoms with Gasteiger partial charge in [0.15, 0.2) is 5.82 Å². The molecule has 1 saturated carbocycles. The molecule has 0 aromatic carbocycles. The minimum atomic E-state index is 0.170. The third-order valence-corrected chi connectivity index (χ3v) is 4.18. The van der Waals surface area contributed by atoms with Crippen molar-refractivity contribution in [1.82, 2.24) is 14.8 Å². The zero-order valence-electron chi connectivity index (χ0n) is 10.3. The van der Waals surface area contributed by atoms with Gasteiger partial charge in [-0.2, -0.15) is 5.10 Å². The summed E-state index contributed by atoms with van der Waals surface area (Å²) in [5, 5.41) is 14.0.